The second-order valence-corrected chi connectivity index (χ2v) is 4.42. The molecule has 0 amide bonds. The van der Waals surface area contributed by atoms with Crippen LogP contribution in [0.4, 0.5) is 11.6 Å². The van der Waals surface area contributed by atoms with Crippen molar-refractivity contribution in [1.29, 1.82) is 5.26 Å². The highest BCUT2D eigenvalue weighted by Gasteiger charge is 2.09. The van der Waals surface area contributed by atoms with E-state index >= 15 is 0 Å². The summed E-state index contributed by atoms with van der Waals surface area (Å²) in [7, 11) is 1.77. The third-order valence-electron chi connectivity index (χ3n) is 3.04. The minimum absolute atomic E-state index is 0.470. The highest BCUT2D eigenvalue weighted by atomic mass is 15.3. The van der Waals surface area contributed by atoms with E-state index in [1.54, 1.807) is 11.7 Å². The minimum atomic E-state index is 0.470. The number of nitrogens with one attached hydrogen (secondary N) is 1. The first kappa shape index (κ1) is 12.8. The molecule has 0 aliphatic heterocycles. The summed E-state index contributed by atoms with van der Waals surface area (Å²) in [4.78, 5) is 8.45. The molecule has 1 N–H and O–H groups in total. The van der Waals surface area contributed by atoms with Crippen molar-refractivity contribution in [1.82, 2.24) is 19.7 Å². The summed E-state index contributed by atoms with van der Waals surface area (Å²) in [6.07, 6.45) is 3.01. The van der Waals surface area contributed by atoms with E-state index in [4.69, 9.17) is 5.26 Å². The van der Waals surface area contributed by atoms with E-state index in [1.165, 1.54) is 12.5 Å². The zero-order chi connectivity index (χ0) is 14.7. The first-order valence-corrected chi connectivity index (χ1v) is 6.34. The molecular weight excluding hydrogens is 264 g/mol. The summed E-state index contributed by atoms with van der Waals surface area (Å²) in [5, 5.41) is 16.2. The van der Waals surface area contributed by atoms with Crippen LogP contribution in [0.5, 0.6) is 0 Å². The average molecular weight is 276 g/mol. The summed E-state index contributed by atoms with van der Waals surface area (Å²) in [5.41, 5.74) is 2.29. The van der Waals surface area contributed by atoms with Crippen LogP contribution in [0.3, 0.4) is 0 Å². The normalized spacial score (nSPS) is 10.1. The average Bonchev–Trinajstić information content (AvgIpc) is 2.89. The van der Waals surface area contributed by atoms with Gasteiger partial charge in [-0.1, -0.05) is 30.3 Å². The smallest absolute Gasteiger partial charge is 0.147 e. The monoisotopic (exact) mass is 276 g/mol. The van der Waals surface area contributed by atoms with E-state index in [1.807, 2.05) is 36.4 Å². The van der Waals surface area contributed by atoms with Gasteiger partial charge < -0.3 is 5.32 Å². The van der Waals surface area contributed by atoms with Crippen LogP contribution in [0.15, 0.2) is 48.9 Å². The number of hydrogen-bond acceptors (Lipinski definition) is 5. The zero-order valence-electron chi connectivity index (χ0n) is 11.4. The lowest BCUT2D eigenvalue weighted by Crippen LogP contribution is -2.02. The van der Waals surface area contributed by atoms with Crippen LogP contribution in [0.1, 0.15) is 5.56 Å². The second kappa shape index (κ2) is 5.43. The Balaban J connectivity index is 1.94. The van der Waals surface area contributed by atoms with Gasteiger partial charge in [0.1, 0.15) is 29.6 Å². The van der Waals surface area contributed by atoms with Gasteiger partial charge in [-0.3, -0.25) is 4.68 Å². The van der Waals surface area contributed by atoms with Crippen molar-refractivity contribution in [3.63, 3.8) is 0 Å². The molecule has 1 aromatic carbocycles. The lowest BCUT2D eigenvalue weighted by atomic mass is 10.1. The van der Waals surface area contributed by atoms with E-state index in [0.29, 0.717) is 17.2 Å². The van der Waals surface area contributed by atoms with Gasteiger partial charge in [0.2, 0.25) is 0 Å². The number of nitrogens with zero attached hydrogens (tertiary/aromatic N) is 5. The van der Waals surface area contributed by atoms with Gasteiger partial charge in [0.15, 0.2) is 0 Å². The summed E-state index contributed by atoms with van der Waals surface area (Å²) in [6.45, 7) is 0. The maximum absolute atomic E-state index is 9.07. The van der Waals surface area contributed by atoms with Gasteiger partial charge in [0, 0.05) is 18.7 Å². The van der Waals surface area contributed by atoms with Gasteiger partial charge in [-0.05, 0) is 0 Å². The van der Waals surface area contributed by atoms with E-state index < -0.39 is 0 Å². The van der Waals surface area contributed by atoms with Gasteiger partial charge in [-0.25, -0.2) is 9.97 Å². The molecule has 21 heavy (non-hydrogen) atoms. The minimum Gasteiger partial charge on any atom is -0.324 e. The van der Waals surface area contributed by atoms with Gasteiger partial charge >= 0.3 is 0 Å². The van der Waals surface area contributed by atoms with E-state index in [9.17, 15) is 0 Å². The third kappa shape index (κ3) is 2.58. The second-order valence-electron chi connectivity index (χ2n) is 4.42. The Bertz CT molecular complexity index is 801. The van der Waals surface area contributed by atoms with Crippen molar-refractivity contribution in [2.75, 3.05) is 5.32 Å². The molecule has 0 saturated heterocycles. The molecule has 3 aromatic rings. The number of aromatic nitrogens is 4. The lowest BCUT2D eigenvalue weighted by Gasteiger charge is -2.07. The molecule has 102 valence electrons. The molecule has 0 unspecified atom stereocenters. The Labute approximate surface area is 121 Å². The highest BCUT2D eigenvalue weighted by molar-refractivity contribution is 5.66. The fraction of sp³-hybridized carbons (Fsp3) is 0.0667. The quantitative estimate of drug-likeness (QED) is 0.795. The van der Waals surface area contributed by atoms with Crippen molar-refractivity contribution in [3.8, 4) is 17.3 Å². The Morgan fingerprint density at radius 2 is 2.00 bits per heavy atom. The number of benzene rings is 1. The van der Waals surface area contributed by atoms with E-state index in [-0.39, 0.29) is 0 Å². The van der Waals surface area contributed by atoms with Crippen molar-refractivity contribution in [2.24, 2.45) is 7.05 Å². The molecule has 0 bridgehead atoms. The lowest BCUT2D eigenvalue weighted by molar-refractivity contribution is 0.776. The van der Waals surface area contributed by atoms with Crippen molar-refractivity contribution in [2.45, 2.75) is 0 Å². The molecule has 0 radical (unpaired) electrons. The molecule has 0 atom stereocenters. The SMILES string of the molecule is Cn1ncc(C#N)c1Nc1cc(-c2ccccc2)ncn1. The highest BCUT2D eigenvalue weighted by Crippen LogP contribution is 2.22. The molecule has 3 rings (SSSR count). The van der Waals surface area contributed by atoms with Gasteiger partial charge in [0.05, 0.1) is 11.9 Å². The van der Waals surface area contributed by atoms with Crippen molar-refractivity contribution < 1.29 is 0 Å². The number of anilines is 2. The predicted molar refractivity (Wildman–Crippen MR) is 78.7 cm³/mol. The predicted octanol–water partition coefficient (Wildman–Crippen LogP) is 2.49. The fourth-order valence-electron chi connectivity index (χ4n) is 1.98. The standard InChI is InChI=1S/C15H12N6/c1-21-15(12(8-16)9-19-21)20-14-7-13(17-10-18-14)11-5-3-2-4-6-11/h2-7,9-10H,1H3,(H,17,18,20). The van der Waals surface area contributed by atoms with Gasteiger partial charge in [0.25, 0.3) is 0 Å². The van der Waals surface area contributed by atoms with Crippen LogP contribution in [-0.4, -0.2) is 19.7 Å². The molecule has 0 aliphatic rings. The van der Waals surface area contributed by atoms with Gasteiger partial charge in [-0.15, -0.1) is 0 Å². The van der Waals surface area contributed by atoms with Crippen LogP contribution in [0.2, 0.25) is 0 Å². The molecule has 2 aromatic heterocycles. The zero-order valence-corrected chi connectivity index (χ0v) is 11.4. The van der Waals surface area contributed by atoms with Crippen LogP contribution >= 0.6 is 0 Å². The number of rotatable bonds is 3. The largest absolute Gasteiger partial charge is 0.324 e. The fourth-order valence-corrected chi connectivity index (χ4v) is 1.98. The van der Waals surface area contributed by atoms with Crippen LogP contribution in [0, 0.1) is 11.3 Å². The van der Waals surface area contributed by atoms with Gasteiger partial charge in [-0.2, -0.15) is 10.4 Å². The molecular formula is C15H12N6. The summed E-state index contributed by atoms with van der Waals surface area (Å²) >= 11 is 0. The van der Waals surface area contributed by atoms with E-state index in [0.717, 1.165) is 11.3 Å². The molecule has 6 heteroatoms. The van der Waals surface area contributed by atoms with Crippen molar-refractivity contribution in [3.05, 3.63) is 54.5 Å². The first-order chi connectivity index (χ1) is 10.3. The molecule has 0 aliphatic carbocycles. The Hall–Kier alpha value is -3.20. The molecule has 2 heterocycles. The topological polar surface area (TPSA) is 79.4 Å². The number of hydrogen-bond donors (Lipinski definition) is 1. The molecule has 0 saturated carbocycles. The number of aryl methyl sites for hydroxylation is 1. The Morgan fingerprint density at radius 3 is 2.76 bits per heavy atom. The van der Waals surface area contributed by atoms with Crippen LogP contribution in [-0.2, 0) is 7.05 Å². The van der Waals surface area contributed by atoms with Crippen LogP contribution in [0.25, 0.3) is 11.3 Å². The van der Waals surface area contributed by atoms with Crippen molar-refractivity contribution >= 4 is 11.6 Å². The molecule has 0 fully saturated rings. The number of nitriles is 1. The van der Waals surface area contributed by atoms with E-state index in [2.05, 4.69) is 26.5 Å². The summed E-state index contributed by atoms with van der Waals surface area (Å²) in [5.74, 6) is 1.22. The Morgan fingerprint density at radius 1 is 1.19 bits per heavy atom. The molecule has 0 spiro atoms. The molecule has 6 nitrogen and oxygen atoms in total. The first-order valence-electron chi connectivity index (χ1n) is 6.34. The summed E-state index contributed by atoms with van der Waals surface area (Å²) in [6, 6.07) is 13.8. The summed E-state index contributed by atoms with van der Waals surface area (Å²) < 4.78 is 1.60. The maximum Gasteiger partial charge on any atom is 0.147 e. The maximum atomic E-state index is 9.07. The van der Waals surface area contributed by atoms with Crippen LogP contribution < -0.4 is 5.32 Å². The Kier molecular flexibility index (Phi) is 3.31. The third-order valence-corrected chi connectivity index (χ3v) is 3.04.